The van der Waals surface area contributed by atoms with Gasteiger partial charge in [0.2, 0.25) is 5.91 Å². The van der Waals surface area contributed by atoms with Crippen molar-refractivity contribution in [2.75, 3.05) is 26.2 Å². The Hall–Kier alpha value is -1.60. The lowest BCUT2D eigenvalue weighted by Crippen LogP contribution is -2.52. The van der Waals surface area contributed by atoms with E-state index >= 15 is 0 Å². The van der Waals surface area contributed by atoms with Crippen LogP contribution in [-0.4, -0.2) is 47.9 Å². The van der Waals surface area contributed by atoms with Crippen molar-refractivity contribution in [3.05, 3.63) is 35.4 Å². The maximum atomic E-state index is 12.7. The van der Waals surface area contributed by atoms with Crippen LogP contribution in [0.1, 0.15) is 18.1 Å². The van der Waals surface area contributed by atoms with Gasteiger partial charge in [-0.1, -0.05) is 18.2 Å². The van der Waals surface area contributed by atoms with Gasteiger partial charge in [0.25, 0.3) is 0 Å². The molecule has 2 rings (SSSR count). The second-order valence-corrected chi connectivity index (χ2v) is 5.59. The van der Waals surface area contributed by atoms with Gasteiger partial charge in [0.15, 0.2) is 0 Å². The minimum atomic E-state index is -4.31. The maximum Gasteiger partial charge on any atom is 0.416 e. The average Bonchev–Trinajstić information content (AvgIpc) is 2.46. The van der Waals surface area contributed by atoms with Gasteiger partial charge in [0.1, 0.15) is 0 Å². The molecule has 0 radical (unpaired) electrons. The first kappa shape index (κ1) is 16.8. The van der Waals surface area contributed by atoms with Crippen molar-refractivity contribution >= 4 is 5.91 Å². The van der Waals surface area contributed by atoms with Gasteiger partial charge in [-0.15, -0.1) is 0 Å². The van der Waals surface area contributed by atoms with E-state index in [9.17, 15) is 18.0 Å². The van der Waals surface area contributed by atoms with Crippen LogP contribution in [0.15, 0.2) is 24.3 Å². The summed E-state index contributed by atoms with van der Waals surface area (Å²) in [6.45, 7) is 5.02. The molecule has 0 saturated carbocycles. The molecule has 1 fully saturated rings. The molecule has 0 aromatic heterocycles. The fourth-order valence-corrected chi connectivity index (χ4v) is 2.59. The molecule has 0 unspecified atom stereocenters. The SMILES string of the molecule is C[C@@H](C(N)=O)N1CCN(Cc2cccc(C(F)(F)F)c2)CC1. The molecular formula is C15H20F3N3O. The zero-order chi connectivity index (χ0) is 16.3. The van der Waals surface area contributed by atoms with E-state index in [-0.39, 0.29) is 11.9 Å². The Balaban J connectivity index is 1.93. The summed E-state index contributed by atoms with van der Waals surface area (Å²) in [6, 6.07) is 5.10. The highest BCUT2D eigenvalue weighted by Gasteiger charge is 2.30. The molecule has 0 bridgehead atoms. The molecule has 22 heavy (non-hydrogen) atoms. The van der Waals surface area contributed by atoms with Gasteiger partial charge in [0.05, 0.1) is 11.6 Å². The number of hydrogen-bond acceptors (Lipinski definition) is 3. The van der Waals surface area contributed by atoms with E-state index in [1.165, 1.54) is 12.1 Å². The van der Waals surface area contributed by atoms with E-state index in [0.717, 1.165) is 6.07 Å². The second-order valence-electron chi connectivity index (χ2n) is 5.59. The predicted octanol–water partition coefficient (Wildman–Crippen LogP) is 1.70. The van der Waals surface area contributed by atoms with E-state index in [1.807, 2.05) is 4.90 Å². The number of alkyl halides is 3. The van der Waals surface area contributed by atoms with Crippen molar-refractivity contribution in [1.29, 1.82) is 0 Å². The molecule has 122 valence electrons. The maximum absolute atomic E-state index is 12.7. The molecule has 2 N–H and O–H groups in total. The third-order valence-electron chi connectivity index (χ3n) is 4.03. The summed E-state index contributed by atoms with van der Waals surface area (Å²) in [5.41, 5.74) is 5.31. The Morgan fingerprint density at radius 3 is 2.45 bits per heavy atom. The zero-order valence-corrected chi connectivity index (χ0v) is 12.4. The van der Waals surface area contributed by atoms with Gasteiger partial charge >= 0.3 is 6.18 Å². The molecule has 1 aromatic rings. The lowest BCUT2D eigenvalue weighted by molar-refractivity contribution is -0.137. The summed E-state index contributed by atoms with van der Waals surface area (Å²) < 4.78 is 38.1. The molecule has 1 saturated heterocycles. The fraction of sp³-hybridized carbons (Fsp3) is 0.533. The number of halogens is 3. The van der Waals surface area contributed by atoms with Crippen LogP contribution in [0.5, 0.6) is 0 Å². The Morgan fingerprint density at radius 2 is 1.91 bits per heavy atom. The number of amides is 1. The molecule has 7 heteroatoms. The number of rotatable bonds is 4. The second kappa shape index (κ2) is 6.66. The van der Waals surface area contributed by atoms with Crippen molar-refractivity contribution in [2.45, 2.75) is 25.7 Å². The number of benzene rings is 1. The van der Waals surface area contributed by atoms with E-state index in [2.05, 4.69) is 4.90 Å². The zero-order valence-electron chi connectivity index (χ0n) is 12.4. The molecule has 1 amide bonds. The molecule has 1 atom stereocenters. The largest absolute Gasteiger partial charge is 0.416 e. The monoisotopic (exact) mass is 315 g/mol. The van der Waals surface area contributed by atoms with Crippen LogP contribution in [0.3, 0.4) is 0 Å². The first-order chi connectivity index (χ1) is 10.3. The molecular weight excluding hydrogens is 295 g/mol. The van der Waals surface area contributed by atoms with Gasteiger partial charge in [-0.3, -0.25) is 14.6 Å². The van der Waals surface area contributed by atoms with Crippen molar-refractivity contribution < 1.29 is 18.0 Å². The minimum Gasteiger partial charge on any atom is -0.368 e. The first-order valence-electron chi connectivity index (χ1n) is 7.19. The Morgan fingerprint density at radius 1 is 1.27 bits per heavy atom. The summed E-state index contributed by atoms with van der Waals surface area (Å²) in [4.78, 5) is 15.2. The van der Waals surface area contributed by atoms with Gasteiger partial charge in [-0.05, 0) is 18.6 Å². The number of primary amides is 1. The Kier molecular flexibility index (Phi) is 5.08. The summed E-state index contributed by atoms with van der Waals surface area (Å²) in [7, 11) is 0. The number of hydrogen-bond donors (Lipinski definition) is 1. The van der Waals surface area contributed by atoms with Crippen molar-refractivity contribution in [3.63, 3.8) is 0 Å². The van der Waals surface area contributed by atoms with Crippen LogP contribution in [0.4, 0.5) is 13.2 Å². The Bertz CT molecular complexity index is 525. The van der Waals surface area contributed by atoms with E-state index in [0.29, 0.717) is 38.3 Å². The van der Waals surface area contributed by atoms with Crippen LogP contribution in [-0.2, 0) is 17.5 Å². The predicted molar refractivity (Wildman–Crippen MR) is 77.0 cm³/mol. The quantitative estimate of drug-likeness (QED) is 0.920. The molecule has 1 aliphatic heterocycles. The molecule has 4 nitrogen and oxygen atoms in total. The van der Waals surface area contributed by atoms with Crippen LogP contribution < -0.4 is 5.73 Å². The van der Waals surface area contributed by atoms with E-state index in [4.69, 9.17) is 5.73 Å². The third-order valence-corrected chi connectivity index (χ3v) is 4.03. The van der Waals surface area contributed by atoms with Gasteiger partial charge in [0, 0.05) is 32.7 Å². The average molecular weight is 315 g/mol. The summed E-state index contributed by atoms with van der Waals surface area (Å²) in [5, 5.41) is 0. The van der Waals surface area contributed by atoms with Crippen LogP contribution >= 0.6 is 0 Å². The minimum absolute atomic E-state index is 0.310. The smallest absolute Gasteiger partial charge is 0.368 e. The number of piperazine rings is 1. The van der Waals surface area contributed by atoms with E-state index < -0.39 is 11.7 Å². The van der Waals surface area contributed by atoms with Gasteiger partial charge < -0.3 is 5.73 Å². The van der Waals surface area contributed by atoms with E-state index in [1.54, 1.807) is 13.0 Å². The third kappa shape index (κ3) is 4.20. The fourth-order valence-electron chi connectivity index (χ4n) is 2.59. The normalized spacial score (nSPS) is 19.1. The lowest BCUT2D eigenvalue weighted by atomic mass is 10.1. The van der Waals surface area contributed by atoms with Crippen molar-refractivity contribution in [2.24, 2.45) is 5.73 Å². The Labute approximate surface area is 127 Å². The lowest BCUT2D eigenvalue weighted by Gasteiger charge is -2.37. The summed E-state index contributed by atoms with van der Waals surface area (Å²) in [6.07, 6.45) is -4.31. The molecule has 1 heterocycles. The molecule has 1 aromatic carbocycles. The summed E-state index contributed by atoms with van der Waals surface area (Å²) in [5.74, 6) is -0.355. The number of carbonyl (C=O) groups is 1. The van der Waals surface area contributed by atoms with Gasteiger partial charge in [-0.2, -0.15) is 13.2 Å². The highest BCUT2D eigenvalue weighted by molar-refractivity contribution is 5.79. The van der Waals surface area contributed by atoms with Crippen molar-refractivity contribution in [1.82, 2.24) is 9.80 Å². The highest BCUT2D eigenvalue weighted by atomic mass is 19.4. The standard InChI is InChI=1S/C15H20F3N3O/c1-11(14(19)22)21-7-5-20(6-8-21)10-12-3-2-4-13(9-12)15(16,17)18/h2-4,9,11H,5-8,10H2,1H3,(H2,19,22)/t11-/m0/s1. The number of carbonyl (C=O) groups excluding carboxylic acids is 1. The summed E-state index contributed by atoms with van der Waals surface area (Å²) >= 11 is 0. The topological polar surface area (TPSA) is 49.6 Å². The van der Waals surface area contributed by atoms with Crippen LogP contribution in [0.2, 0.25) is 0 Å². The molecule has 0 aliphatic carbocycles. The molecule has 0 spiro atoms. The van der Waals surface area contributed by atoms with Crippen molar-refractivity contribution in [3.8, 4) is 0 Å². The number of nitrogens with two attached hydrogens (primary N) is 1. The number of nitrogens with zero attached hydrogens (tertiary/aromatic N) is 2. The molecule has 1 aliphatic rings. The highest BCUT2D eigenvalue weighted by Crippen LogP contribution is 2.29. The van der Waals surface area contributed by atoms with Crippen LogP contribution in [0.25, 0.3) is 0 Å². The first-order valence-corrected chi connectivity index (χ1v) is 7.19. The van der Waals surface area contributed by atoms with Gasteiger partial charge in [-0.25, -0.2) is 0 Å². The van der Waals surface area contributed by atoms with Crippen LogP contribution in [0, 0.1) is 0 Å².